The quantitative estimate of drug-likeness (QED) is 0.353. The molecule has 6 nitrogen and oxygen atoms in total. The number of rotatable bonds is 8. The summed E-state index contributed by atoms with van der Waals surface area (Å²) in [6.07, 6.45) is 5.23. The molecule has 1 unspecified atom stereocenters. The van der Waals surface area contributed by atoms with Crippen LogP contribution >= 0.6 is 0 Å². The van der Waals surface area contributed by atoms with Crippen molar-refractivity contribution >= 4 is 11.6 Å². The second-order valence-electron chi connectivity index (χ2n) is 11.3. The zero-order chi connectivity index (χ0) is 25.5. The molecule has 0 bridgehead atoms. The van der Waals surface area contributed by atoms with Crippen molar-refractivity contribution in [3.63, 3.8) is 0 Å². The third-order valence-corrected chi connectivity index (χ3v) is 7.26. The van der Waals surface area contributed by atoms with Crippen molar-refractivity contribution in [1.82, 2.24) is 4.90 Å². The molecule has 2 fully saturated rings. The average molecular weight is 493 g/mol. The Kier molecular flexibility index (Phi) is 8.68. The number of likely N-dealkylation sites (tertiary alicyclic amines) is 1. The Hall–Kier alpha value is -2.86. The largest absolute Gasteiger partial charge is 0.489 e. The summed E-state index contributed by atoms with van der Waals surface area (Å²) in [5, 5.41) is 13.0. The van der Waals surface area contributed by atoms with Gasteiger partial charge in [-0.1, -0.05) is 74.5 Å². The fourth-order valence-electron chi connectivity index (χ4n) is 5.35. The lowest BCUT2D eigenvalue weighted by Gasteiger charge is -2.32. The van der Waals surface area contributed by atoms with Crippen LogP contribution in [0.25, 0.3) is 0 Å². The summed E-state index contributed by atoms with van der Waals surface area (Å²) in [6, 6.07) is 18.4. The number of hydrogen-bond donors (Lipinski definition) is 1. The topological polar surface area (TPSA) is 71.4 Å². The first-order chi connectivity index (χ1) is 17.3. The van der Waals surface area contributed by atoms with Crippen molar-refractivity contribution in [2.24, 2.45) is 10.6 Å². The van der Waals surface area contributed by atoms with Gasteiger partial charge in [0.15, 0.2) is 0 Å². The molecule has 4 rings (SSSR count). The Balaban J connectivity index is 1.30. The van der Waals surface area contributed by atoms with Crippen LogP contribution in [-0.2, 0) is 16.1 Å². The molecule has 0 spiro atoms. The van der Waals surface area contributed by atoms with E-state index in [0.717, 1.165) is 37.0 Å². The summed E-state index contributed by atoms with van der Waals surface area (Å²) in [5.41, 5.74) is 3.00. The molecule has 1 atom stereocenters. The van der Waals surface area contributed by atoms with Gasteiger partial charge >= 0.3 is 0 Å². The number of ether oxygens (including phenoxy) is 2. The summed E-state index contributed by atoms with van der Waals surface area (Å²) in [6.45, 7) is 7.75. The van der Waals surface area contributed by atoms with Crippen LogP contribution in [0, 0.1) is 5.41 Å². The Morgan fingerprint density at radius 3 is 2.42 bits per heavy atom. The summed E-state index contributed by atoms with van der Waals surface area (Å²) in [5.74, 6) is 1.52. The van der Waals surface area contributed by atoms with E-state index < -0.39 is 0 Å². The second kappa shape index (κ2) is 11.9. The van der Waals surface area contributed by atoms with Gasteiger partial charge in [0.05, 0.1) is 24.5 Å². The highest BCUT2D eigenvalue weighted by atomic mass is 16.5. The second-order valence-corrected chi connectivity index (χ2v) is 11.3. The van der Waals surface area contributed by atoms with Crippen molar-refractivity contribution < 1.29 is 19.5 Å². The van der Waals surface area contributed by atoms with Gasteiger partial charge in [-0.05, 0) is 54.2 Å². The van der Waals surface area contributed by atoms with Gasteiger partial charge in [-0.25, -0.2) is 0 Å². The predicted molar refractivity (Wildman–Crippen MR) is 142 cm³/mol. The highest BCUT2D eigenvalue weighted by molar-refractivity contribution is 5.96. The van der Waals surface area contributed by atoms with E-state index in [-0.39, 0.29) is 23.5 Å². The lowest BCUT2D eigenvalue weighted by atomic mass is 9.82. The maximum absolute atomic E-state index is 12.9. The van der Waals surface area contributed by atoms with Crippen LogP contribution < -0.4 is 4.74 Å². The average Bonchev–Trinajstić information content (AvgIpc) is 3.29. The first-order valence-electron chi connectivity index (χ1n) is 13.2. The van der Waals surface area contributed by atoms with Gasteiger partial charge in [-0.3, -0.25) is 4.79 Å². The predicted octanol–water partition coefficient (Wildman–Crippen LogP) is 6.18. The molecule has 1 amide bonds. The Morgan fingerprint density at radius 1 is 1.03 bits per heavy atom. The van der Waals surface area contributed by atoms with Crippen LogP contribution in [0.3, 0.4) is 0 Å². The summed E-state index contributed by atoms with van der Waals surface area (Å²) < 4.78 is 12.5. The normalized spacial score (nSPS) is 23.7. The van der Waals surface area contributed by atoms with Gasteiger partial charge in [0.2, 0.25) is 5.91 Å². The third kappa shape index (κ3) is 6.88. The first kappa shape index (κ1) is 26.2. The molecule has 1 N–H and O–H groups in total. The fourth-order valence-corrected chi connectivity index (χ4v) is 5.35. The molecule has 6 heteroatoms. The molecule has 2 aliphatic rings. The number of carbonyl (C=O) groups excluding carboxylic acids is 1. The molecular weight excluding hydrogens is 452 g/mol. The molecule has 0 aromatic heterocycles. The smallest absolute Gasteiger partial charge is 0.223 e. The van der Waals surface area contributed by atoms with Gasteiger partial charge in [-0.15, -0.1) is 0 Å². The maximum atomic E-state index is 12.9. The summed E-state index contributed by atoms with van der Waals surface area (Å²) in [7, 11) is 0. The van der Waals surface area contributed by atoms with E-state index in [9.17, 15) is 10.0 Å². The summed E-state index contributed by atoms with van der Waals surface area (Å²) >= 11 is 0. The molecule has 1 aliphatic carbocycles. The summed E-state index contributed by atoms with van der Waals surface area (Å²) in [4.78, 5) is 14.7. The minimum atomic E-state index is -0.269. The van der Waals surface area contributed by atoms with Crippen molar-refractivity contribution in [2.45, 2.75) is 84.0 Å². The van der Waals surface area contributed by atoms with Crippen molar-refractivity contribution in [1.29, 1.82) is 0 Å². The number of oxime groups is 1. The van der Waals surface area contributed by atoms with Crippen molar-refractivity contribution in [3.05, 3.63) is 65.7 Å². The molecule has 2 aromatic rings. The van der Waals surface area contributed by atoms with Crippen molar-refractivity contribution in [3.8, 4) is 5.75 Å². The Labute approximate surface area is 215 Å². The van der Waals surface area contributed by atoms with Crippen LogP contribution in [0.4, 0.5) is 0 Å². The van der Waals surface area contributed by atoms with E-state index in [0.29, 0.717) is 44.2 Å². The molecule has 36 heavy (non-hydrogen) atoms. The third-order valence-electron chi connectivity index (χ3n) is 7.26. The first-order valence-corrected chi connectivity index (χ1v) is 13.2. The molecule has 1 aliphatic heterocycles. The minimum Gasteiger partial charge on any atom is -0.489 e. The molecule has 194 valence electrons. The van der Waals surface area contributed by atoms with Gasteiger partial charge in [0.25, 0.3) is 0 Å². The number of amides is 1. The molecule has 1 saturated heterocycles. The number of carbonyl (C=O) groups is 1. The van der Waals surface area contributed by atoms with E-state index >= 15 is 0 Å². The lowest BCUT2D eigenvalue weighted by Crippen LogP contribution is -2.43. The van der Waals surface area contributed by atoms with E-state index in [1.54, 1.807) is 0 Å². The lowest BCUT2D eigenvalue weighted by molar-refractivity contribution is -0.134. The highest BCUT2D eigenvalue weighted by Gasteiger charge is 2.37. The van der Waals surface area contributed by atoms with Gasteiger partial charge in [0.1, 0.15) is 12.4 Å². The fraction of sp³-hybridized carbons (Fsp3) is 0.533. The zero-order valence-corrected chi connectivity index (χ0v) is 21.9. The molecule has 1 heterocycles. The monoisotopic (exact) mass is 492 g/mol. The number of nitrogens with zero attached hydrogens (tertiary/aromatic N) is 2. The van der Waals surface area contributed by atoms with Crippen LogP contribution in [0.2, 0.25) is 0 Å². The zero-order valence-electron chi connectivity index (χ0n) is 21.9. The number of benzene rings is 2. The van der Waals surface area contributed by atoms with Crippen molar-refractivity contribution in [2.75, 3.05) is 13.2 Å². The van der Waals surface area contributed by atoms with Gasteiger partial charge in [0, 0.05) is 19.4 Å². The molecular formula is C30H40N2O4. The van der Waals surface area contributed by atoms with Crippen LogP contribution in [-0.4, -0.2) is 47.0 Å². The Bertz CT molecular complexity index is 1020. The van der Waals surface area contributed by atoms with E-state index in [1.807, 2.05) is 29.2 Å². The number of para-hydroxylation sites is 1. The molecule has 2 aromatic carbocycles. The highest BCUT2D eigenvalue weighted by Crippen LogP contribution is 2.38. The van der Waals surface area contributed by atoms with Gasteiger partial charge < -0.3 is 19.6 Å². The minimum absolute atomic E-state index is 0.0823. The van der Waals surface area contributed by atoms with Gasteiger partial charge in [-0.2, -0.15) is 0 Å². The number of hydrogen-bond acceptors (Lipinski definition) is 5. The maximum Gasteiger partial charge on any atom is 0.223 e. The standard InChI is InChI=1S/C30H40N2O4/c1-30(2,3)19-29(33)32-18-17-26(31-34)27(32)21-35-24-15-13-23(14-16-24)25-11-7-8-12-28(25)36-20-22-9-5-4-6-10-22/h4-12,23-24,27,34H,13-21H2,1-3H3/b31-26-. The van der Waals surface area contributed by atoms with Crippen LogP contribution in [0.15, 0.2) is 59.8 Å². The SMILES string of the molecule is CC(C)(C)CC(=O)N1CC/C(=N/O)C1COC1CCC(c2ccccc2OCc2ccccc2)CC1. The Morgan fingerprint density at radius 2 is 1.72 bits per heavy atom. The molecule has 1 saturated carbocycles. The van der Waals surface area contributed by atoms with E-state index in [4.69, 9.17) is 9.47 Å². The van der Waals surface area contributed by atoms with E-state index in [1.165, 1.54) is 5.56 Å². The van der Waals surface area contributed by atoms with E-state index in [2.05, 4.69) is 56.3 Å². The van der Waals surface area contributed by atoms with Crippen LogP contribution in [0.5, 0.6) is 5.75 Å². The van der Waals surface area contributed by atoms with Crippen LogP contribution in [0.1, 0.15) is 76.3 Å². The molecule has 0 radical (unpaired) electrons.